The fourth-order valence-corrected chi connectivity index (χ4v) is 1.48. The predicted octanol–water partition coefficient (Wildman–Crippen LogP) is 0.801. The van der Waals surface area contributed by atoms with E-state index in [1.54, 1.807) is 27.7 Å². The molecule has 0 spiro atoms. The number of ether oxygens (including phenoxy) is 1. The highest BCUT2D eigenvalue weighted by molar-refractivity contribution is 5.79. The Morgan fingerprint density at radius 2 is 1.67 bits per heavy atom. The summed E-state index contributed by atoms with van der Waals surface area (Å²) in [6, 6.07) is 0. The Hall–Kier alpha value is -1.10. The van der Waals surface area contributed by atoms with Crippen molar-refractivity contribution in [3.05, 3.63) is 0 Å². The molecular formula is C10H18O5. The lowest BCUT2D eigenvalue weighted by atomic mass is 9.82. The molecule has 0 aromatic carbocycles. The molecule has 0 aliphatic carbocycles. The minimum atomic E-state index is -1.19. The molecule has 0 bridgehead atoms. The number of carboxylic acids is 1. The van der Waals surface area contributed by atoms with Gasteiger partial charge in [0, 0.05) is 0 Å². The normalized spacial score (nSPS) is 12.3. The molecule has 0 amide bonds. The zero-order valence-electron chi connectivity index (χ0n) is 9.53. The van der Waals surface area contributed by atoms with Gasteiger partial charge in [0.05, 0.1) is 11.0 Å². The molecule has 0 aromatic heterocycles. The first-order valence-corrected chi connectivity index (χ1v) is 4.66. The van der Waals surface area contributed by atoms with E-state index in [4.69, 9.17) is 5.11 Å². The van der Waals surface area contributed by atoms with Crippen LogP contribution in [0.25, 0.3) is 0 Å². The molecule has 0 aliphatic heterocycles. The molecule has 0 fully saturated rings. The molecule has 2 N–H and O–H groups in total. The summed E-state index contributed by atoms with van der Waals surface area (Å²) in [5.41, 5.74) is -1.89. The van der Waals surface area contributed by atoms with Crippen LogP contribution in [0.15, 0.2) is 0 Å². The summed E-state index contributed by atoms with van der Waals surface area (Å²) in [5.74, 6) is -1.81. The van der Waals surface area contributed by atoms with Gasteiger partial charge >= 0.3 is 11.9 Å². The van der Waals surface area contributed by atoms with E-state index in [2.05, 4.69) is 4.74 Å². The highest BCUT2D eigenvalue weighted by Crippen LogP contribution is 2.28. The van der Waals surface area contributed by atoms with Gasteiger partial charge in [-0.05, 0) is 34.1 Å². The fraction of sp³-hybridized carbons (Fsp3) is 0.800. The Labute approximate surface area is 89.0 Å². The third-order valence-electron chi connectivity index (χ3n) is 1.75. The number of esters is 1. The van der Waals surface area contributed by atoms with Crippen molar-refractivity contribution >= 4 is 11.9 Å². The second-order valence-electron chi connectivity index (χ2n) is 4.84. The van der Waals surface area contributed by atoms with Gasteiger partial charge in [-0.15, -0.1) is 0 Å². The minimum Gasteiger partial charge on any atom is -0.479 e. The summed E-state index contributed by atoms with van der Waals surface area (Å²) in [4.78, 5) is 21.6. The highest BCUT2D eigenvalue weighted by Gasteiger charge is 2.35. The van der Waals surface area contributed by atoms with Gasteiger partial charge < -0.3 is 14.9 Å². The van der Waals surface area contributed by atoms with Crippen molar-refractivity contribution in [1.82, 2.24) is 0 Å². The largest absolute Gasteiger partial charge is 0.479 e. The van der Waals surface area contributed by atoms with Crippen molar-refractivity contribution in [2.75, 3.05) is 6.61 Å². The van der Waals surface area contributed by atoms with Crippen LogP contribution in [0.2, 0.25) is 0 Å². The van der Waals surface area contributed by atoms with E-state index < -0.39 is 29.6 Å². The maximum absolute atomic E-state index is 11.5. The van der Waals surface area contributed by atoms with Gasteiger partial charge in [0.25, 0.3) is 0 Å². The summed E-state index contributed by atoms with van der Waals surface area (Å²) >= 11 is 0. The number of aliphatic hydroxyl groups is 1. The molecular weight excluding hydrogens is 200 g/mol. The number of carbonyl (C=O) groups is 2. The van der Waals surface area contributed by atoms with Crippen molar-refractivity contribution in [2.24, 2.45) is 5.41 Å². The van der Waals surface area contributed by atoms with E-state index in [1.165, 1.54) is 0 Å². The van der Waals surface area contributed by atoms with Crippen molar-refractivity contribution in [2.45, 2.75) is 39.7 Å². The van der Waals surface area contributed by atoms with Crippen LogP contribution >= 0.6 is 0 Å². The van der Waals surface area contributed by atoms with E-state index in [9.17, 15) is 14.7 Å². The van der Waals surface area contributed by atoms with Gasteiger partial charge in [-0.1, -0.05) is 0 Å². The summed E-state index contributed by atoms with van der Waals surface area (Å²) < 4.78 is 4.56. The predicted molar refractivity (Wildman–Crippen MR) is 53.3 cm³/mol. The topological polar surface area (TPSA) is 83.8 Å². The number of rotatable bonds is 5. The van der Waals surface area contributed by atoms with E-state index >= 15 is 0 Å². The van der Waals surface area contributed by atoms with E-state index in [1.807, 2.05) is 0 Å². The second kappa shape index (κ2) is 4.61. The standard InChI is InChI=1S/C10H18O5/c1-9(2,6-10(3,4)14)8(13)15-5-7(11)12/h14H,5-6H2,1-4H3,(H,11,12). The first kappa shape index (κ1) is 13.9. The number of carbonyl (C=O) groups excluding carboxylic acids is 1. The molecule has 0 aliphatic rings. The van der Waals surface area contributed by atoms with Gasteiger partial charge in [0.2, 0.25) is 0 Å². The molecule has 15 heavy (non-hydrogen) atoms. The van der Waals surface area contributed by atoms with Gasteiger partial charge in [0.15, 0.2) is 6.61 Å². The lowest BCUT2D eigenvalue weighted by Gasteiger charge is -2.29. The average Bonchev–Trinajstić information content (AvgIpc) is 1.94. The van der Waals surface area contributed by atoms with Crippen LogP contribution in [0.5, 0.6) is 0 Å². The molecule has 5 heteroatoms. The van der Waals surface area contributed by atoms with Gasteiger partial charge in [0.1, 0.15) is 0 Å². The third-order valence-corrected chi connectivity index (χ3v) is 1.75. The van der Waals surface area contributed by atoms with Crippen LogP contribution in [0.4, 0.5) is 0 Å². The van der Waals surface area contributed by atoms with Crippen LogP contribution in [-0.4, -0.2) is 34.4 Å². The summed E-state index contributed by atoms with van der Waals surface area (Å²) in [7, 11) is 0. The maximum Gasteiger partial charge on any atom is 0.341 e. The molecule has 0 heterocycles. The van der Waals surface area contributed by atoms with Crippen molar-refractivity contribution in [3.63, 3.8) is 0 Å². The smallest absolute Gasteiger partial charge is 0.341 e. The van der Waals surface area contributed by atoms with Crippen molar-refractivity contribution < 1.29 is 24.5 Å². The van der Waals surface area contributed by atoms with Gasteiger partial charge in [-0.25, -0.2) is 4.79 Å². The first-order valence-electron chi connectivity index (χ1n) is 4.66. The molecule has 0 aromatic rings. The van der Waals surface area contributed by atoms with Gasteiger partial charge in [-0.3, -0.25) is 4.79 Å². The van der Waals surface area contributed by atoms with Crippen LogP contribution in [0.1, 0.15) is 34.1 Å². The Kier molecular flexibility index (Phi) is 4.27. The fourth-order valence-electron chi connectivity index (χ4n) is 1.48. The number of hydrogen-bond acceptors (Lipinski definition) is 4. The zero-order chi connectivity index (χ0) is 12.3. The summed E-state index contributed by atoms with van der Waals surface area (Å²) in [6.45, 7) is 5.73. The highest BCUT2D eigenvalue weighted by atomic mass is 16.6. The summed E-state index contributed by atoms with van der Waals surface area (Å²) in [5, 5.41) is 17.9. The molecule has 0 saturated carbocycles. The number of hydrogen-bond donors (Lipinski definition) is 2. The minimum absolute atomic E-state index is 0.207. The molecule has 0 rings (SSSR count). The number of carboxylic acid groups (broad SMARTS) is 1. The molecule has 0 radical (unpaired) electrons. The second-order valence-corrected chi connectivity index (χ2v) is 4.84. The van der Waals surface area contributed by atoms with Crippen molar-refractivity contribution in [1.29, 1.82) is 0 Å². The Morgan fingerprint density at radius 1 is 1.20 bits per heavy atom. The van der Waals surface area contributed by atoms with E-state index in [0.717, 1.165) is 0 Å². The van der Waals surface area contributed by atoms with Crippen LogP contribution in [0.3, 0.4) is 0 Å². The quantitative estimate of drug-likeness (QED) is 0.667. The maximum atomic E-state index is 11.5. The average molecular weight is 218 g/mol. The van der Waals surface area contributed by atoms with Gasteiger partial charge in [-0.2, -0.15) is 0 Å². The van der Waals surface area contributed by atoms with Crippen LogP contribution in [-0.2, 0) is 14.3 Å². The molecule has 0 unspecified atom stereocenters. The lowest BCUT2D eigenvalue weighted by molar-refractivity contribution is -0.164. The van der Waals surface area contributed by atoms with E-state index in [-0.39, 0.29) is 6.42 Å². The third kappa shape index (κ3) is 6.06. The zero-order valence-corrected chi connectivity index (χ0v) is 9.53. The first-order chi connectivity index (χ1) is 6.54. The summed E-state index contributed by atoms with van der Waals surface area (Å²) in [6.07, 6.45) is 0.207. The monoisotopic (exact) mass is 218 g/mol. The molecule has 0 saturated heterocycles. The Morgan fingerprint density at radius 3 is 2.00 bits per heavy atom. The molecule has 5 nitrogen and oxygen atoms in total. The Bertz CT molecular complexity index is 249. The SMILES string of the molecule is CC(C)(O)CC(C)(C)C(=O)OCC(=O)O. The van der Waals surface area contributed by atoms with Crippen molar-refractivity contribution in [3.8, 4) is 0 Å². The van der Waals surface area contributed by atoms with Crippen LogP contribution < -0.4 is 0 Å². The molecule has 0 atom stereocenters. The lowest BCUT2D eigenvalue weighted by Crippen LogP contribution is -2.36. The van der Waals surface area contributed by atoms with E-state index in [0.29, 0.717) is 0 Å². The molecule has 88 valence electrons. The Balaban J connectivity index is 4.33. The number of aliphatic carboxylic acids is 1. The van der Waals surface area contributed by atoms with Crippen LogP contribution in [0, 0.1) is 5.41 Å².